The summed E-state index contributed by atoms with van der Waals surface area (Å²) in [6, 6.07) is -4.93. The van der Waals surface area contributed by atoms with Crippen molar-refractivity contribution in [1.29, 1.82) is 0 Å². The predicted molar refractivity (Wildman–Crippen MR) is 289 cm³/mol. The van der Waals surface area contributed by atoms with Gasteiger partial charge in [0.2, 0.25) is 58.8 Å². The van der Waals surface area contributed by atoms with Crippen molar-refractivity contribution in [3.63, 3.8) is 0 Å². The first-order valence-corrected chi connectivity index (χ1v) is 26.4. The Morgan fingerprint density at radius 3 is 1.54 bits per heavy atom. The zero-order valence-electron chi connectivity index (χ0n) is 46.6. The fourth-order valence-corrected chi connectivity index (χ4v) is 8.58. The molecule has 0 bridgehead atoms. The zero-order valence-corrected chi connectivity index (χ0v) is 46.6. The number of aliphatic hydroxyl groups excluding tert-OH is 1. The number of ketones is 2. The van der Waals surface area contributed by atoms with Crippen LogP contribution in [0.2, 0.25) is 0 Å². The lowest BCUT2D eigenvalue weighted by atomic mass is 9.89. The molecule has 0 fully saturated rings. The molecule has 8 atom stereocenters. The van der Waals surface area contributed by atoms with Gasteiger partial charge in [0.15, 0.2) is 0 Å². The van der Waals surface area contributed by atoms with Crippen LogP contribution >= 0.6 is 0 Å². The number of nitrogens with one attached hydrogen (secondary N) is 9. The molecule has 0 radical (unpaired) electrons. The number of carboxylic acids is 2. The molecule has 2 aromatic rings. The number of carbonyl (C=O) groups excluding carboxylic acids is 10. The van der Waals surface area contributed by atoms with Crippen LogP contribution in [0, 0.1) is 17.8 Å². The van der Waals surface area contributed by atoms with Crippen LogP contribution in [0.1, 0.15) is 126 Å². The number of fused-ring (bicyclic) bond motifs is 1. The fraction of sp³-hybridized carbons (Fsp3) is 0.623. The number of carboxylic acid groups (broad SMARTS) is 2. The first kappa shape index (κ1) is 67.8. The molecule has 1 heterocycles. The van der Waals surface area contributed by atoms with E-state index < -0.39 is 151 Å². The van der Waals surface area contributed by atoms with Crippen LogP contribution in [-0.2, 0) is 64.0 Å². The van der Waals surface area contributed by atoms with Gasteiger partial charge in [-0.2, -0.15) is 0 Å². The minimum atomic E-state index is -1.91. The van der Waals surface area contributed by atoms with Crippen LogP contribution in [0.4, 0.5) is 0 Å². The molecule has 0 aliphatic carbocycles. The van der Waals surface area contributed by atoms with E-state index in [1.165, 1.54) is 20.8 Å². The summed E-state index contributed by atoms with van der Waals surface area (Å²) < 4.78 is 0. The van der Waals surface area contributed by atoms with Crippen molar-refractivity contribution in [2.75, 3.05) is 13.2 Å². The largest absolute Gasteiger partial charge is 0.481 e. The molecular formula is C53H83N11O15. The van der Waals surface area contributed by atoms with Crippen molar-refractivity contribution in [1.82, 2.24) is 47.5 Å². The number of primary amides is 1. The van der Waals surface area contributed by atoms with E-state index in [1.54, 1.807) is 72.0 Å². The van der Waals surface area contributed by atoms with E-state index in [2.05, 4.69) is 47.5 Å². The summed E-state index contributed by atoms with van der Waals surface area (Å²) in [5.74, 6) is -13.0. The number of hydrogen-bond acceptors (Lipinski definition) is 15. The summed E-state index contributed by atoms with van der Waals surface area (Å²) in [6.45, 7) is 13.6. The van der Waals surface area contributed by atoms with Gasteiger partial charge < -0.3 is 69.0 Å². The van der Waals surface area contributed by atoms with E-state index in [1.807, 2.05) is 0 Å². The molecule has 26 nitrogen and oxygen atoms in total. The van der Waals surface area contributed by atoms with Gasteiger partial charge in [0.25, 0.3) is 0 Å². The highest BCUT2D eigenvalue weighted by molar-refractivity contribution is 6.42. The molecule has 0 spiro atoms. The number of aromatic amines is 1. The van der Waals surface area contributed by atoms with Crippen molar-refractivity contribution in [3.8, 4) is 0 Å². The van der Waals surface area contributed by atoms with Gasteiger partial charge in [-0.05, 0) is 94.7 Å². The van der Waals surface area contributed by atoms with Gasteiger partial charge in [-0.3, -0.25) is 62.9 Å². The van der Waals surface area contributed by atoms with Gasteiger partial charge in [0, 0.05) is 36.9 Å². The zero-order chi connectivity index (χ0) is 59.9. The molecule has 1 aromatic heterocycles. The minimum absolute atomic E-state index is 0.0665. The Morgan fingerprint density at radius 1 is 0.582 bits per heavy atom. The molecule has 26 heteroatoms. The molecule has 79 heavy (non-hydrogen) atoms. The summed E-state index contributed by atoms with van der Waals surface area (Å²) in [6.07, 6.45) is -0.192. The van der Waals surface area contributed by atoms with Gasteiger partial charge in [-0.25, -0.2) is 0 Å². The van der Waals surface area contributed by atoms with Gasteiger partial charge >= 0.3 is 11.9 Å². The number of benzene rings is 1. The van der Waals surface area contributed by atoms with Crippen molar-refractivity contribution >= 4 is 81.7 Å². The number of aromatic nitrogens is 1. The third-order valence-electron chi connectivity index (χ3n) is 12.5. The Balaban J connectivity index is 2.55. The maximum absolute atomic E-state index is 14.5. The second-order valence-corrected chi connectivity index (χ2v) is 21.5. The minimum Gasteiger partial charge on any atom is -0.481 e. The smallest absolute Gasteiger partial charge is 0.305 e. The molecule has 1 aromatic carbocycles. The molecule has 2 rings (SSSR count). The van der Waals surface area contributed by atoms with E-state index in [4.69, 9.17) is 11.5 Å². The standard InChI is InChI=1S/C53H83N11O15/c1-27(2)20-37(46(55)73)61-52(79)41(26-65)64-53(8,9)45(72)44(71)36(23-31-25-56-33-15-11-10-14-32(31)33)60-47(74)34(16-12-13-19-54)58-51(78)40(24-43(69)70)63-50(77)39(22-29(5)6)62-48(75)35(17-18-42(67)68)59-49(76)38(21-28(3)4)57-30(7)66/h10-11,14-15,25,27-29,34-41,56,64-65H,12-13,16-24,26,54H2,1-9H3,(H2,55,73)(H,57,66)(H,58,78)(H,59,76)(H,60,74)(H,61,79)(H,62,75)(H,63,77)(H,67,68)(H,69,70)/t34-,35-,36-,37-,38-,39-,40-,41-/m0/s1. The summed E-state index contributed by atoms with van der Waals surface area (Å²) in [4.78, 5) is 163. The van der Waals surface area contributed by atoms with Gasteiger partial charge in [-0.1, -0.05) is 59.7 Å². The van der Waals surface area contributed by atoms with E-state index in [9.17, 15) is 72.9 Å². The second kappa shape index (κ2) is 32.5. The maximum atomic E-state index is 14.5. The topological polar surface area (TPSA) is 430 Å². The van der Waals surface area contributed by atoms with E-state index in [-0.39, 0.29) is 62.8 Å². The van der Waals surface area contributed by atoms with E-state index in [0.717, 1.165) is 0 Å². The van der Waals surface area contributed by atoms with Crippen molar-refractivity contribution < 1.29 is 72.9 Å². The number of Topliss-reactive ketones (excluding diaryl/α,β-unsaturated/α-hetero) is 2. The molecule has 0 aliphatic heterocycles. The number of aliphatic carboxylic acids is 2. The second-order valence-electron chi connectivity index (χ2n) is 21.5. The lowest BCUT2D eigenvalue weighted by molar-refractivity contribution is -0.143. The molecular weight excluding hydrogens is 1030 g/mol. The Morgan fingerprint density at radius 2 is 1.04 bits per heavy atom. The highest BCUT2D eigenvalue weighted by Gasteiger charge is 2.42. The monoisotopic (exact) mass is 1110 g/mol. The van der Waals surface area contributed by atoms with E-state index >= 15 is 0 Å². The van der Waals surface area contributed by atoms with Crippen LogP contribution < -0.4 is 54.0 Å². The van der Waals surface area contributed by atoms with Crippen molar-refractivity contribution in [2.24, 2.45) is 29.2 Å². The summed E-state index contributed by atoms with van der Waals surface area (Å²) in [5, 5.41) is 50.3. The Kier molecular flexibility index (Phi) is 27.9. The number of carbonyl (C=O) groups is 12. The predicted octanol–water partition coefficient (Wildman–Crippen LogP) is -0.917. The molecule has 440 valence electrons. The molecule has 0 saturated carbocycles. The third-order valence-corrected chi connectivity index (χ3v) is 12.5. The number of para-hydroxylation sites is 1. The van der Waals surface area contributed by atoms with Gasteiger partial charge in [-0.15, -0.1) is 0 Å². The van der Waals surface area contributed by atoms with Crippen molar-refractivity contribution in [2.45, 2.75) is 180 Å². The quantitative estimate of drug-likeness (QED) is 0.0287. The molecule has 0 unspecified atom stereocenters. The number of nitrogens with two attached hydrogens (primary N) is 2. The summed E-state index contributed by atoms with van der Waals surface area (Å²) >= 11 is 0. The Labute approximate surface area is 459 Å². The first-order valence-electron chi connectivity index (χ1n) is 26.4. The fourth-order valence-electron chi connectivity index (χ4n) is 8.58. The third kappa shape index (κ3) is 23.3. The van der Waals surface area contributed by atoms with Crippen LogP contribution in [0.5, 0.6) is 0 Å². The number of unbranched alkanes of at least 4 members (excludes halogenated alkanes) is 1. The van der Waals surface area contributed by atoms with Gasteiger partial charge in [0.05, 0.1) is 24.6 Å². The van der Waals surface area contributed by atoms with Gasteiger partial charge in [0.1, 0.15) is 42.3 Å². The average Bonchev–Trinajstić information content (AvgIpc) is 3.77. The highest BCUT2D eigenvalue weighted by atomic mass is 16.4. The Bertz CT molecular complexity index is 2480. The Hall–Kier alpha value is -7.32. The molecule has 8 amide bonds. The average molecular weight is 1110 g/mol. The SMILES string of the molecule is CC(=O)N[C@@H](CC(C)C)C(=O)N[C@@H](CCC(=O)O)C(=O)N[C@@H](CC(C)C)C(=O)N[C@@H](CC(=O)O)C(=O)N[C@@H](CCCCN)C(=O)N[C@@H](Cc1c[nH]c2ccccc12)C(=O)C(=O)C(C)(C)N[C@@H](CO)C(=O)N[C@@H](CC(C)C)C(N)=O. The molecule has 0 saturated heterocycles. The number of hydrogen-bond donors (Lipinski definition) is 14. The number of H-pyrrole nitrogens is 1. The van der Waals surface area contributed by atoms with Crippen LogP contribution in [0.3, 0.4) is 0 Å². The molecule has 0 aliphatic rings. The van der Waals surface area contributed by atoms with Crippen molar-refractivity contribution in [3.05, 3.63) is 36.0 Å². The lowest BCUT2D eigenvalue weighted by Gasteiger charge is -2.31. The van der Waals surface area contributed by atoms with Crippen LogP contribution in [0.15, 0.2) is 30.5 Å². The maximum Gasteiger partial charge on any atom is 0.305 e. The number of rotatable bonds is 37. The van der Waals surface area contributed by atoms with Crippen LogP contribution in [0.25, 0.3) is 10.9 Å². The van der Waals surface area contributed by atoms with Crippen LogP contribution in [-0.4, -0.2) is 158 Å². The highest BCUT2D eigenvalue weighted by Crippen LogP contribution is 2.21. The van der Waals surface area contributed by atoms with E-state index in [0.29, 0.717) is 22.9 Å². The normalized spacial score (nSPS) is 14.6. The number of amides is 8. The lowest BCUT2D eigenvalue weighted by Crippen LogP contribution is -2.63. The number of aliphatic hydroxyl groups is 1. The first-order chi connectivity index (χ1) is 36.9. The summed E-state index contributed by atoms with van der Waals surface area (Å²) in [5.41, 5.74) is 10.5. The summed E-state index contributed by atoms with van der Waals surface area (Å²) in [7, 11) is 0. The molecule has 16 N–H and O–H groups in total.